The molecular weight excluding hydrogens is 482 g/mol. The third-order valence-corrected chi connectivity index (χ3v) is 7.18. The molecule has 0 radical (unpaired) electrons. The van der Waals surface area contributed by atoms with Crippen molar-refractivity contribution < 1.29 is 32.3 Å². The molecule has 2 aromatic heterocycles. The number of thiazole rings is 1. The van der Waals surface area contributed by atoms with Crippen molar-refractivity contribution in [3.05, 3.63) is 22.4 Å². The zero-order valence-electron chi connectivity index (χ0n) is 20.1. The van der Waals surface area contributed by atoms with E-state index in [0.717, 1.165) is 69.2 Å². The van der Waals surface area contributed by atoms with Gasteiger partial charge in [-0.25, -0.2) is 13.8 Å². The Morgan fingerprint density at radius 2 is 2.17 bits per heavy atom. The molecule has 9 nitrogen and oxygen atoms in total. The van der Waals surface area contributed by atoms with E-state index < -0.39 is 12.5 Å². The van der Waals surface area contributed by atoms with Crippen LogP contribution in [0.3, 0.4) is 0 Å². The number of nitrogens with zero attached hydrogens (tertiary/aromatic N) is 3. The molecule has 0 saturated carbocycles. The second-order valence-corrected chi connectivity index (χ2v) is 10.2. The molecule has 0 bridgehead atoms. The predicted molar refractivity (Wildman–Crippen MR) is 124 cm³/mol. The Balaban J connectivity index is 1.13. The first-order chi connectivity index (χ1) is 16.8. The first-order valence-corrected chi connectivity index (χ1v) is 12.7. The van der Waals surface area contributed by atoms with Gasteiger partial charge in [0.05, 0.1) is 38.0 Å². The second-order valence-electron chi connectivity index (χ2n) is 9.15. The Labute approximate surface area is 207 Å². The summed E-state index contributed by atoms with van der Waals surface area (Å²) < 4.78 is 47.3. The number of aromatic nitrogens is 2. The lowest BCUT2D eigenvalue weighted by Crippen LogP contribution is -2.44. The average Bonchev–Trinajstić information content (AvgIpc) is 3.39. The fourth-order valence-electron chi connectivity index (χ4n) is 4.24. The molecule has 2 unspecified atom stereocenters. The number of carbonyl (C=O) groups excluding carboxylic acids is 1. The summed E-state index contributed by atoms with van der Waals surface area (Å²) in [6, 6.07) is 1.60. The smallest absolute Gasteiger partial charge is 0.278 e. The summed E-state index contributed by atoms with van der Waals surface area (Å²) in [6.45, 7) is 3.39. The standard InChI is InChI=1S/C23H32F2N4O5S/c1-23(24,25)14-33-22-27-18-6-9-29(10-7-19(18)35-22)8-5-16-4-3-15(13-32-16)26-20(30)11-17-12-21(31-2)28-34-17/h12,15-16H,3-11,13-14H2,1-2H3,(H,26,30). The third kappa shape index (κ3) is 7.84. The van der Waals surface area contributed by atoms with Gasteiger partial charge in [0.2, 0.25) is 5.91 Å². The van der Waals surface area contributed by atoms with Crippen LogP contribution < -0.4 is 14.8 Å². The normalized spacial score (nSPS) is 21.3. The summed E-state index contributed by atoms with van der Waals surface area (Å²) in [5.74, 6) is -2.18. The van der Waals surface area contributed by atoms with E-state index in [0.29, 0.717) is 23.4 Å². The third-order valence-electron chi connectivity index (χ3n) is 6.11. The highest BCUT2D eigenvalue weighted by molar-refractivity contribution is 7.13. The van der Waals surface area contributed by atoms with Gasteiger partial charge in [-0.2, -0.15) is 0 Å². The molecule has 0 aliphatic carbocycles. The maximum atomic E-state index is 13.0. The Morgan fingerprint density at radius 1 is 1.34 bits per heavy atom. The van der Waals surface area contributed by atoms with Crippen LogP contribution in [-0.4, -0.2) is 79.0 Å². The highest BCUT2D eigenvalue weighted by Gasteiger charge is 2.26. The quantitative estimate of drug-likeness (QED) is 0.517. The molecule has 2 aromatic rings. The number of alkyl halides is 2. The maximum absolute atomic E-state index is 13.0. The number of hydrogen-bond donors (Lipinski definition) is 1. The van der Waals surface area contributed by atoms with Crippen LogP contribution in [0.4, 0.5) is 8.78 Å². The van der Waals surface area contributed by atoms with Crippen LogP contribution in [0.5, 0.6) is 11.1 Å². The summed E-state index contributed by atoms with van der Waals surface area (Å²) in [4.78, 5) is 20.2. The highest BCUT2D eigenvalue weighted by Crippen LogP contribution is 2.29. The number of carbonyl (C=O) groups is 1. The van der Waals surface area contributed by atoms with Crippen LogP contribution in [0.25, 0.3) is 0 Å². The van der Waals surface area contributed by atoms with E-state index in [1.165, 1.54) is 18.4 Å². The fraction of sp³-hybridized carbons (Fsp3) is 0.696. The van der Waals surface area contributed by atoms with Crippen LogP contribution in [0.2, 0.25) is 0 Å². The summed E-state index contributed by atoms with van der Waals surface area (Å²) in [5, 5.41) is 7.03. The molecule has 4 heterocycles. The summed E-state index contributed by atoms with van der Waals surface area (Å²) in [7, 11) is 1.49. The second kappa shape index (κ2) is 11.6. The van der Waals surface area contributed by atoms with Crippen LogP contribution >= 0.6 is 11.3 Å². The van der Waals surface area contributed by atoms with Gasteiger partial charge in [0.1, 0.15) is 5.76 Å². The van der Waals surface area contributed by atoms with E-state index in [9.17, 15) is 13.6 Å². The van der Waals surface area contributed by atoms with E-state index >= 15 is 0 Å². The number of rotatable bonds is 10. The zero-order chi connectivity index (χ0) is 24.8. The Kier molecular flexibility index (Phi) is 8.55. The van der Waals surface area contributed by atoms with Crippen molar-refractivity contribution in [2.24, 2.45) is 0 Å². The van der Waals surface area contributed by atoms with E-state index in [4.69, 9.17) is 18.7 Å². The molecule has 4 rings (SSSR count). The predicted octanol–water partition coefficient (Wildman–Crippen LogP) is 2.87. The van der Waals surface area contributed by atoms with E-state index in [1.807, 2.05) is 0 Å². The lowest BCUT2D eigenvalue weighted by Gasteiger charge is -2.31. The number of fused-ring (bicyclic) bond motifs is 1. The molecular formula is C23H32F2N4O5S. The van der Waals surface area contributed by atoms with Gasteiger partial charge in [0.25, 0.3) is 17.0 Å². The van der Waals surface area contributed by atoms with Crippen LogP contribution in [0.15, 0.2) is 10.6 Å². The molecule has 194 valence electrons. The van der Waals surface area contributed by atoms with Gasteiger partial charge in [0, 0.05) is 43.9 Å². The minimum Gasteiger partial charge on any atom is -0.479 e. The molecule has 2 aliphatic heterocycles. The van der Waals surface area contributed by atoms with Gasteiger partial charge in [-0.05, 0) is 30.8 Å². The zero-order valence-corrected chi connectivity index (χ0v) is 20.9. The van der Waals surface area contributed by atoms with Crippen molar-refractivity contribution in [2.45, 2.75) is 63.5 Å². The number of nitrogens with one attached hydrogen (secondary N) is 1. The highest BCUT2D eigenvalue weighted by atomic mass is 32.1. The first-order valence-electron chi connectivity index (χ1n) is 11.9. The fourth-order valence-corrected chi connectivity index (χ4v) is 5.19. The molecule has 1 saturated heterocycles. The lowest BCUT2D eigenvalue weighted by molar-refractivity contribution is -0.123. The van der Waals surface area contributed by atoms with Gasteiger partial charge < -0.3 is 29.0 Å². The number of ether oxygens (including phenoxy) is 3. The molecule has 35 heavy (non-hydrogen) atoms. The van der Waals surface area contributed by atoms with Gasteiger partial charge >= 0.3 is 0 Å². The van der Waals surface area contributed by atoms with Gasteiger partial charge in [-0.3, -0.25) is 4.79 Å². The molecule has 1 amide bonds. The number of halogens is 2. The molecule has 1 fully saturated rings. The van der Waals surface area contributed by atoms with Crippen LogP contribution in [-0.2, 0) is 28.8 Å². The lowest BCUT2D eigenvalue weighted by atomic mass is 10.0. The van der Waals surface area contributed by atoms with E-state index in [1.54, 1.807) is 6.07 Å². The number of methoxy groups -OCH3 is 1. The topological polar surface area (TPSA) is 99.0 Å². The van der Waals surface area contributed by atoms with Crippen molar-refractivity contribution in [2.75, 3.05) is 40.0 Å². The largest absolute Gasteiger partial charge is 0.479 e. The molecule has 12 heteroatoms. The minimum absolute atomic E-state index is 0.00659. The van der Waals surface area contributed by atoms with Crippen LogP contribution in [0, 0.1) is 0 Å². The molecule has 2 aliphatic rings. The van der Waals surface area contributed by atoms with Crippen molar-refractivity contribution in [1.82, 2.24) is 20.4 Å². The molecule has 1 N–H and O–H groups in total. The monoisotopic (exact) mass is 514 g/mol. The molecule has 2 atom stereocenters. The first kappa shape index (κ1) is 25.8. The van der Waals surface area contributed by atoms with Gasteiger partial charge in [0.15, 0.2) is 6.61 Å². The Bertz CT molecular complexity index is 946. The van der Waals surface area contributed by atoms with Crippen LogP contribution in [0.1, 0.15) is 42.5 Å². The number of hydrogen-bond acceptors (Lipinski definition) is 9. The Morgan fingerprint density at radius 3 is 2.89 bits per heavy atom. The van der Waals surface area contributed by atoms with Crippen molar-refractivity contribution in [3.63, 3.8) is 0 Å². The summed E-state index contributed by atoms with van der Waals surface area (Å²) in [5.41, 5.74) is 0.961. The number of amides is 1. The van der Waals surface area contributed by atoms with Gasteiger partial charge in [-0.15, -0.1) is 0 Å². The van der Waals surface area contributed by atoms with Crippen molar-refractivity contribution in [1.29, 1.82) is 0 Å². The van der Waals surface area contributed by atoms with E-state index in [2.05, 4.69) is 20.4 Å². The average molecular weight is 515 g/mol. The SMILES string of the molecule is COc1cc(CC(=O)NC2CCC(CCN3CCc4nc(OCC(C)(F)F)sc4CC3)OC2)on1. The minimum atomic E-state index is -2.86. The summed E-state index contributed by atoms with van der Waals surface area (Å²) in [6.07, 6.45) is 4.62. The molecule has 0 aromatic carbocycles. The molecule has 0 spiro atoms. The summed E-state index contributed by atoms with van der Waals surface area (Å²) >= 11 is 1.38. The maximum Gasteiger partial charge on any atom is 0.278 e. The van der Waals surface area contributed by atoms with Crippen molar-refractivity contribution in [3.8, 4) is 11.1 Å². The van der Waals surface area contributed by atoms with Crippen molar-refractivity contribution >= 4 is 17.2 Å². The van der Waals surface area contributed by atoms with E-state index in [-0.39, 0.29) is 24.5 Å². The van der Waals surface area contributed by atoms with Gasteiger partial charge in [-0.1, -0.05) is 11.3 Å². The Hall–Kier alpha value is -2.31.